The number of hydrogen-bond donors (Lipinski definition) is 0. The summed E-state index contributed by atoms with van der Waals surface area (Å²) in [6, 6.07) is 0. The van der Waals surface area contributed by atoms with Crippen LogP contribution < -0.4 is 0 Å². The van der Waals surface area contributed by atoms with Gasteiger partial charge in [0, 0.05) is 6.42 Å². The first-order valence-electron chi connectivity index (χ1n) is 5.38. The van der Waals surface area contributed by atoms with Crippen molar-refractivity contribution in [3.05, 3.63) is 11.7 Å². The predicted molar refractivity (Wildman–Crippen MR) is 57.2 cm³/mol. The van der Waals surface area contributed by atoms with Gasteiger partial charge >= 0.3 is 5.97 Å². The van der Waals surface area contributed by atoms with Gasteiger partial charge in [0.2, 0.25) is 0 Å². The summed E-state index contributed by atoms with van der Waals surface area (Å²) in [6.45, 7) is 2.95. The third-order valence-electron chi connectivity index (χ3n) is 2.08. The Morgan fingerprint density at radius 2 is 1.88 bits per heavy atom. The minimum atomic E-state index is -1.02. The molecule has 17 heavy (non-hydrogen) atoms. The van der Waals surface area contributed by atoms with E-state index in [1.165, 1.54) is 7.11 Å². The van der Waals surface area contributed by atoms with Crippen molar-refractivity contribution in [2.45, 2.75) is 26.7 Å². The normalized spacial score (nSPS) is 14.2. The number of carbonyl (C=O) groups is 1. The zero-order chi connectivity index (χ0) is 13.3. The van der Waals surface area contributed by atoms with Crippen LogP contribution in [0.3, 0.4) is 0 Å². The molecule has 0 saturated heterocycles. The number of carbonyl (C=O) groups excluding carboxylic acids is 1. The molecule has 0 saturated carbocycles. The summed E-state index contributed by atoms with van der Waals surface area (Å²) < 4.78 is 30.7. The molecule has 100 valence electrons. The second-order valence-electron chi connectivity index (χ2n) is 3.44. The fourth-order valence-electron chi connectivity index (χ4n) is 1.05. The molecule has 0 rings (SSSR count). The topological polar surface area (TPSA) is 44.8 Å². The van der Waals surface area contributed by atoms with Gasteiger partial charge in [0.05, 0.1) is 19.6 Å². The maximum Gasteiger partial charge on any atom is 0.308 e. The Balaban J connectivity index is 4.01. The van der Waals surface area contributed by atoms with Gasteiger partial charge in [-0.05, 0) is 13.3 Å². The van der Waals surface area contributed by atoms with Gasteiger partial charge in [-0.25, -0.2) is 18.6 Å². The molecule has 0 aliphatic carbocycles. The van der Waals surface area contributed by atoms with Crippen LogP contribution in [0.1, 0.15) is 26.7 Å². The van der Waals surface area contributed by atoms with Crippen molar-refractivity contribution >= 4 is 5.97 Å². The van der Waals surface area contributed by atoms with Gasteiger partial charge in [-0.15, -0.1) is 0 Å². The van der Waals surface area contributed by atoms with E-state index in [1.54, 1.807) is 13.8 Å². The molecule has 0 aromatic carbocycles. The summed E-state index contributed by atoms with van der Waals surface area (Å²) >= 11 is 0. The molecule has 4 nitrogen and oxygen atoms in total. The monoisotopic (exact) mass is 252 g/mol. The van der Waals surface area contributed by atoms with Crippen molar-refractivity contribution in [2.75, 3.05) is 20.3 Å². The molecule has 0 amide bonds. The van der Waals surface area contributed by atoms with Crippen LogP contribution in [-0.2, 0) is 19.3 Å². The Hall–Kier alpha value is -1.01. The number of hydrogen-bond acceptors (Lipinski definition) is 4. The van der Waals surface area contributed by atoms with Crippen LogP contribution in [-0.4, -0.2) is 26.3 Å². The minimum absolute atomic E-state index is 0.169. The molecule has 0 aliphatic heterocycles. The predicted octanol–water partition coefficient (Wildman–Crippen LogP) is 2.69. The third kappa shape index (κ3) is 7.01. The first-order valence-corrected chi connectivity index (χ1v) is 5.38. The molecule has 0 aromatic rings. The fraction of sp³-hybridized carbons (Fsp3) is 0.727. The molecule has 0 radical (unpaired) electrons. The van der Waals surface area contributed by atoms with E-state index in [0.717, 1.165) is 0 Å². The largest absolute Gasteiger partial charge is 0.469 e. The number of rotatable bonds is 8. The third-order valence-corrected chi connectivity index (χ3v) is 2.08. The van der Waals surface area contributed by atoms with E-state index < -0.39 is 30.1 Å². The lowest BCUT2D eigenvalue weighted by atomic mass is 10.1. The molecule has 6 heteroatoms. The minimum Gasteiger partial charge on any atom is -0.469 e. The number of esters is 1. The van der Waals surface area contributed by atoms with E-state index in [1.807, 2.05) is 0 Å². The molecule has 1 unspecified atom stereocenters. The number of methoxy groups -OCH3 is 1. The van der Waals surface area contributed by atoms with Crippen LogP contribution in [0.5, 0.6) is 0 Å². The first kappa shape index (κ1) is 16.0. The van der Waals surface area contributed by atoms with Crippen molar-refractivity contribution in [1.29, 1.82) is 0 Å². The highest BCUT2D eigenvalue weighted by Crippen LogP contribution is 2.18. The van der Waals surface area contributed by atoms with Crippen LogP contribution in [0, 0.1) is 5.92 Å². The highest BCUT2D eigenvalue weighted by molar-refractivity contribution is 5.71. The van der Waals surface area contributed by atoms with Gasteiger partial charge in [0.15, 0.2) is 5.83 Å². The molecule has 0 bridgehead atoms. The molecule has 0 heterocycles. The van der Waals surface area contributed by atoms with E-state index in [-0.39, 0.29) is 19.4 Å². The van der Waals surface area contributed by atoms with Gasteiger partial charge < -0.3 is 4.74 Å². The van der Waals surface area contributed by atoms with Gasteiger partial charge in [-0.3, -0.25) is 4.79 Å². The van der Waals surface area contributed by atoms with E-state index in [0.29, 0.717) is 0 Å². The summed E-state index contributed by atoms with van der Waals surface area (Å²) in [5.41, 5.74) is 0. The van der Waals surface area contributed by atoms with Crippen molar-refractivity contribution in [3.8, 4) is 0 Å². The van der Waals surface area contributed by atoms with Gasteiger partial charge in [-0.1, -0.05) is 6.92 Å². The van der Waals surface area contributed by atoms with Crippen LogP contribution in [0.15, 0.2) is 11.7 Å². The summed E-state index contributed by atoms with van der Waals surface area (Å²) in [5, 5.41) is 0. The molecule has 0 aliphatic rings. The average Bonchev–Trinajstić information content (AvgIpc) is 2.34. The lowest BCUT2D eigenvalue weighted by Crippen LogP contribution is -2.12. The van der Waals surface area contributed by atoms with Gasteiger partial charge in [0.1, 0.15) is 12.4 Å². The van der Waals surface area contributed by atoms with Gasteiger partial charge in [0.25, 0.3) is 0 Å². The van der Waals surface area contributed by atoms with Crippen LogP contribution in [0.25, 0.3) is 0 Å². The van der Waals surface area contributed by atoms with Crippen molar-refractivity contribution in [2.24, 2.45) is 5.92 Å². The van der Waals surface area contributed by atoms with Crippen LogP contribution in [0.2, 0.25) is 0 Å². The fourth-order valence-corrected chi connectivity index (χ4v) is 1.05. The molecule has 0 N–H and O–H groups in total. The van der Waals surface area contributed by atoms with Gasteiger partial charge in [-0.2, -0.15) is 0 Å². The molecular formula is C11H18F2O4. The average molecular weight is 252 g/mol. The lowest BCUT2D eigenvalue weighted by Gasteiger charge is -2.08. The number of allylic oxidation sites excluding steroid dienone is 1. The molecule has 1 atom stereocenters. The summed E-state index contributed by atoms with van der Waals surface area (Å²) in [6.07, 6.45) is 0.0121. The van der Waals surface area contributed by atoms with E-state index in [9.17, 15) is 13.6 Å². The zero-order valence-electron chi connectivity index (χ0n) is 10.3. The molecule has 0 fully saturated rings. The summed E-state index contributed by atoms with van der Waals surface area (Å²) in [7, 11) is 1.25. The highest BCUT2D eigenvalue weighted by Gasteiger charge is 2.15. The van der Waals surface area contributed by atoms with Crippen molar-refractivity contribution in [3.63, 3.8) is 0 Å². The quantitative estimate of drug-likeness (QED) is 0.288. The van der Waals surface area contributed by atoms with E-state index >= 15 is 0 Å². The number of ether oxygens (including phenoxy) is 1. The molecule has 0 spiro atoms. The molecular weight excluding hydrogens is 234 g/mol. The Bertz CT molecular complexity index is 266. The lowest BCUT2D eigenvalue weighted by molar-refractivity contribution is -0.286. The Labute approximate surface area is 99.5 Å². The van der Waals surface area contributed by atoms with Crippen molar-refractivity contribution < 1.29 is 28.1 Å². The zero-order valence-corrected chi connectivity index (χ0v) is 10.3. The first-order chi connectivity index (χ1) is 8.02. The molecule has 0 aromatic heterocycles. The SMILES string of the molecule is CCOOC/C(F)=C(/F)CCC(C)C(=O)OC. The standard InChI is InChI=1S/C11H18F2O4/c1-4-16-17-7-10(13)9(12)6-5-8(2)11(14)15-3/h8H,4-7H2,1-3H3/b10-9-. The van der Waals surface area contributed by atoms with Crippen LogP contribution in [0.4, 0.5) is 8.78 Å². The maximum atomic E-state index is 13.2. The number of halogens is 2. The van der Waals surface area contributed by atoms with E-state index in [2.05, 4.69) is 14.5 Å². The second kappa shape index (κ2) is 9.07. The Kier molecular flexibility index (Phi) is 8.53. The maximum absolute atomic E-state index is 13.2. The Morgan fingerprint density at radius 1 is 1.24 bits per heavy atom. The summed E-state index contributed by atoms with van der Waals surface area (Å²) in [4.78, 5) is 19.8. The highest BCUT2D eigenvalue weighted by atomic mass is 19.2. The Morgan fingerprint density at radius 3 is 2.41 bits per heavy atom. The van der Waals surface area contributed by atoms with Crippen molar-refractivity contribution in [1.82, 2.24) is 0 Å². The second-order valence-corrected chi connectivity index (χ2v) is 3.44. The van der Waals surface area contributed by atoms with E-state index in [4.69, 9.17) is 0 Å². The summed E-state index contributed by atoms with van der Waals surface area (Å²) in [5.74, 6) is -2.86. The van der Waals surface area contributed by atoms with Crippen LogP contribution >= 0.6 is 0 Å². The smallest absolute Gasteiger partial charge is 0.308 e.